The molecule has 16 heavy (non-hydrogen) atoms. The van der Waals surface area contributed by atoms with Crippen molar-refractivity contribution in [1.29, 1.82) is 0 Å². The summed E-state index contributed by atoms with van der Waals surface area (Å²) in [5.74, 6) is 7.59. The van der Waals surface area contributed by atoms with Crippen LogP contribution in [0.5, 0.6) is 0 Å². The first-order valence-electron chi connectivity index (χ1n) is 6.69. The van der Waals surface area contributed by atoms with Gasteiger partial charge < -0.3 is 4.74 Å². The molecule has 0 saturated heterocycles. The second kappa shape index (κ2) is 6.26. The monoisotopic (exact) mass is 224 g/mol. The number of hydrazine groups is 1. The van der Waals surface area contributed by atoms with Crippen LogP contribution >= 0.6 is 0 Å². The van der Waals surface area contributed by atoms with Gasteiger partial charge >= 0.3 is 0 Å². The van der Waals surface area contributed by atoms with E-state index in [9.17, 15) is 0 Å². The minimum absolute atomic E-state index is 0.240. The zero-order valence-electron chi connectivity index (χ0n) is 10.1. The van der Waals surface area contributed by atoms with E-state index in [1.807, 2.05) is 0 Å². The zero-order valence-corrected chi connectivity index (χ0v) is 10.1. The maximum Gasteiger partial charge on any atom is 0.110 e. The normalized spacial score (nSPS) is 23.9. The number of rotatable bonds is 5. The molecule has 1 aliphatic carbocycles. The maximum atomic E-state index is 5.60. The lowest BCUT2D eigenvalue weighted by atomic mass is 9.85. The van der Waals surface area contributed by atoms with Crippen molar-refractivity contribution >= 4 is 0 Å². The Morgan fingerprint density at radius 2 is 2.19 bits per heavy atom. The van der Waals surface area contributed by atoms with Crippen molar-refractivity contribution in [2.45, 2.75) is 57.4 Å². The SMILES string of the molecule is NNC(CCC1CCCCC1)C1=CCCO1. The number of nitrogens with one attached hydrogen (secondary N) is 1. The quantitative estimate of drug-likeness (QED) is 0.557. The fourth-order valence-electron chi connectivity index (χ4n) is 2.87. The predicted molar refractivity (Wildman–Crippen MR) is 65.6 cm³/mol. The summed E-state index contributed by atoms with van der Waals surface area (Å²) in [5.41, 5.74) is 2.89. The van der Waals surface area contributed by atoms with Gasteiger partial charge in [-0.2, -0.15) is 0 Å². The summed E-state index contributed by atoms with van der Waals surface area (Å²) in [4.78, 5) is 0. The zero-order chi connectivity index (χ0) is 11.2. The van der Waals surface area contributed by atoms with E-state index in [0.29, 0.717) is 0 Å². The van der Waals surface area contributed by atoms with Crippen LogP contribution in [0.4, 0.5) is 0 Å². The molecule has 0 amide bonds. The molecule has 3 nitrogen and oxygen atoms in total. The van der Waals surface area contributed by atoms with Gasteiger partial charge in [-0.25, -0.2) is 5.43 Å². The molecule has 1 aliphatic heterocycles. The number of hydrogen-bond acceptors (Lipinski definition) is 3. The van der Waals surface area contributed by atoms with Crippen LogP contribution in [-0.2, 0) is 4.74 Å². The lowest BCUT2D eigenvalue weighted by molar-refractivity contribution is 0.205. The van der Waals surface area contributed by atoms with Gasteiger partial charge in [-0.3, -0.25) is 5.84 Å². The van der Waals surface area contributed by atoms with Gasteiger partial charge in [0.2, 0.25) is 0 Å². The molecule has 2 aliphatic rings. The highest BCUT2D eigenvalue weighted by Crippen LogP contribution is 2.29. The number of ether oxygens (including phenoxy) is 1. The Hall–Kier alpha value is -0.540. The molecule has 0 aromatic carbocycles. The minimum Gasteiger partial charge on any atom is -0.496 e. The number of nitrogens with two attached hydrogens (primary N) is 1. The van der Waals surface area contributed by atoms with Gasteiger partial charge in [0, 0.05) is 6.42 Å². The molecule has 1 heterocycles. The first-order valence-corrected chi connectivity index (χ1v) is 6.69. The van der Waals surface area contributed by atoms with Crippen LogP contribution in [0.1, 0.15) is 51.4 Å². The van der Waals surface area contributed by atoms with Crippen LogP contribution in [0.25, 0.3) is 0 Å². The molecule has 0 radical (unpaired) electrons. The summed E-state index contributed by atoms with van der Waals surface area (Å²) in [6, 6.07) is 0.240. The van der Waals surface area contributed by atoms with Gasteiger partial charge in [-0.15, -0.1) is 0 Å². The van der Waals surface area contributed by atoms with Crippen molar-refractivity contribution in [1.82, 2.24) is 5.43 Å². The van der Waals surface area contributed by atoms with E-state index in [0.717, 1.165) is 31.1 Å². The Labute approximate surface area is 98.4 Å². The molecule has 0 aromatic rings. The fraction of sp³-hybridized carbons (Fsp3) is 0.846. The molecule has 0 spiro atoms. The molecule has 1 fully saturated rings. The molecule has 0 bridgehead atoms. The third-order valence-corrected chi connectivity index (χ3v) is 3.87. The molecule has 1 atom stereocenters. The lowest BCUT2D eigenvalue weighted by Crippen LogP contribution is -2.37. The van der Waals surface area contributed by atoms with E-state index in [-0.39, 0.29) is 6.04 Å². The van der Waals surface area contributed by atoms with Crippen LogP contribution in [0.2, 0.25) is 0 Å². The Morgan fingerprint density at radius 1 is 1.38 bits per heavy atom. The standard InChI is InChI=1S/C13H24N2O/c14-15-12(13-7-4-10-16-13)9-8-11-5-2-1-3-6-11/h7,11-12,15H,1-6,8-10,14H2. The van der Waals surface area contributed by atoms with Crippen LogP contribution in [0.15, 0.2) is 11.8 Å². The summed E-state index contributed by atoms with van der Waals surface area (Å²) < 4.78 is 5.56. The largest absolute Gasteiger partial charge is 0.496 e. The van der Waals surface area contributed by atoms with Gasteiger partial charge in [0.15, 0.2) is 0 Å². The molecule has 3 heteroatoms. The Balaban J connectivity index is 1.73. The molecule has 92 valence electrons. The van der Waals surface area contributed by atoms with E-state index in [1.165, 1.54) is 38.5 Å². The molecule has 3 N–H and O–H groups in total. The minimum atomic E-state index is 0.240. The first-order chi connectivity index (χ1) is 7.90. The van der Waals surface area contributed by atoms with Crippen molar-refractivity contribution in [2.24, 2.45) is 11.8 Å². The lowest BCUT2D eigenvalue weighted by Gasteiger charge is -2.24. The Bertz CT molecular complexity index is 234. The number of hydrogen-bond donors (Lipinski definition) is 2. The fourth-order valence-corrected chi connectivity index (χ4v) is 2.87. The van der Waals surface area contributed by atoms with Crippen molar-refractivity contribution in [3.63, 3.8) is 0 Å². The highest BCUT2D eigenvalue weighted by molar-refractivity contribution is 5.06. The third-order valence-electron chi connectivity index (χ3n) is 3.87. The van der Waals surface area contributed by atoms with Crippen LogP contribution in [0, 0.1) is 5.92 Å². The van der Waals surface area contributed by atoms with Crippen molar-refractivity contribution < 1.29 is 4.74 Å². The van der Waals surface area contributed by atoms with Crippen molar-refractivity contribution in [3.05, 3.63) is 11.8 Å². The summed E-state index contributed by atoms with van der Waals surface area (Å²) in [5, 5.41) is 0. The van der Waals surface area contributed by atoms with E-state index in [1.54, 1.807) is 0 Å². The highest BCUT2D eigenvalue weighted by atomic mass is 16.5. The molecule has 0 aromatic heterocycles. The van der Waals surface area contributed by atoms with Crippen molar-refractivity contribution in [3.8, 4) is 0 Å². The van der Waals surface area contributed by atoms with Crippen molar-refractivity contribution in [2.75, 3.05) is 6.61 Å². The summed E-state index contributed by atoms with van der Waals surface area (Å²) in [7, 11) is 0. The molecule has 1 unspecified atom stereocenters. The maximum absolute atomic E-state index is 5.60. The van der Waals surface area contributed by atoms with Crippen LogP contribution < -0.4 is 11.3 Å². The summed E-state index contributed by atoms with van der Waals surface area (Å²) in [6.45, 7) is 0.830. The highest BCUT2D eigenvalue weighted by Gasteiger charge is 2.20. The van der Waals surface area contributed by atoms with E-state index in [4.69, 9.17) is 10.6 Å². The van der Waals surface area contributed by atoms with E-state index >= 15 is 0 Å². The molecular weight excluding hydrogens is 200 g/mol. The first kappa shape index (κ1) is 11.9. The van der Waals surface area contributed by atoms with Gasteiger partial charge in [-0.1, -0.05) is 32.1 Å². The van der Waals surface area contributed by atoms with E-state index in [2.05, 4.69) is 11.5 Å². The second-order valence-corrected chi connectivity index (χ2v) is 5.04. The smallest absolute Gasteiger partial charge is 0.110 e. The average Bonchev–Trinajstić information content (AvgIpc) is 2.85. The molecule has 1 saturated carbocycles. The predicted octanol–water partition coefficient (Wildman–Crippen LogP) is 2.48. The molecule has 2 rings (SSSR count). The second-order valence-electron chi connectivity index (χ2n) is 5.04. The topological polar surface area (TPSA) is 47.3 Å². The Morgan fingerprint density at radius 3 is 2.81 bits per heavy atom. The van der Waals surface area contributed by atoms with Gasteiger partial charge in [0.25, 0.3) is 0 Å². The third kappa shape index (κ3) is 3.22. The van der Waals surface area contributed by atoms with Crippen LogP contribution in [0.3, 0.4) is 0 Å². The van der Waals surface area contributed by atoms with Gasteiger partial charge in [-0.05, 0) is 24.8 Å². The van der Waals surface area contributed by atoms with Gasteiger partial charge in [0.05, 0.1) is 12.6 Å². The molecular formula is C13H24N2O. The van der Waals surface area contributed by atoms with Crippen LogP contribution in [-0.4, -0.2) is 12.6 Å². The summed E-state index contributed by atoms with van der Waals surface area (Å²) in [6.07, 6.45) is 12.7. The van der Waals surface area contributed by atoms with E-state index < -0.39 is 0 Å². The Kier molecular flexibility index (Phi) is 4.67. The average molecular weight is 224 g/mol. The summed E-state index contributed by atoms with van der Waals surface area (Å²) >= 11 is 0. The van der Waals surface area contributed by atoms with Gasteiger partial charge in [0.1, 0.15) is 5.76 Å².